The zero-order valence-corrected chi connectivity index (χ0v) is 12.1. The van der Waals surface area contributed by atoms with E-state index in [4.69, 9.17) is 10.5 Å². The first-order valence-corrected chi connectivity index (χ1v) is 7.80. The Kier molecular flexibility index (Phi) is 5.64. The third-order valence-electron chi connectivity index (χ3n) is 4.39. The first kappa shape index (κ1) is 14.8. The van der Waals surface area contributed by atoms with Crippen molar-refractivity contribution in [2.45, 2.75) is 64.0 Å². The van der Waals surface area contributed by atoms with Gasteiger partial charge in [-0.05, 0) is 38.5 Å². The lowest BCUT2D eigenvalue weighted by molar-refractivity contribution is -0.132. The van der Waals surface area contributed by atoms with Crippen LogP contribution in [0, 0.1) is 5.92 Å². The van der Waals surface area contributed by atoms with E-state index in [1.165, 1.54) is 12.8 Å². The number of hydrogen-bond acceptors (Lipinski definition) is 3. The Hall–Kier alpha value is -0.610. The van der Waals surface area contributed by atoms with Gasteiger partial charge in [0.2, 0.25) is 5.91 Å². The van der Waals surface area contributed by atoms with Gasteiger partial charge in [0.1, 0.15) is 0 Å². The summed E-state index contributed by atoms with van der Waals surface area (Å²) < 4.78 is 5.58. The second kappa shape index (κ2) is 7.25. The molecule has 1 aliphatic carbocycles. The molecule has 3 unspecified atom stereocenters. The second-order valence-corrected chi connectivity index (χ2v) is 6.21. The fourth-order valence-corrected chi connectivity index (χ4v) is 3.30. The quantitative estimate of drug-likeness (QED) is 0.851. The fraction of sp³-hybridized carbons (Fsp3) is 0.933. The third-order valence-corrected chi connectivity index (χ3v) is 4.39. The van der Waals surface area contributed by atoms with E-state index in [-0.39, 0.29) is 6.10 Å². The van der Waals surface area contributed by atoms with Crippen LogP contribution in [-0.2, 0) is 9.53 Å². The topological polar surface area (TPSA) is 55.6 Å². The van der Waals surface area contributed by atoms with E-state index in [0.717, 1.165) is 45.4 Å². The molecule has 2 fully saturated rings. The largest absolute Gasteiger partial charge is 0.377 e. The first-order chi connectivity index (χ1) is 9.15. The van der Waals surface area contributed by atoms with E-state index in [9.17, 15) is 4.79 Å². The summed E-state index contributed by atoms with van der Waals surface area (Å²) in [4.78, 5) is 14.2. The lowest BCUT2D eigenvalue weighted by atomic mass is 9.83. The standard InChI is InChI=1S/C15H28N2O2/c1-12-11-17(8-3-9-19-12)15(18)7-6-13-4-2-5-14(16)10-13/h12-14H,2-11,16H2,1H3. The predicted molar refractivity (Wildman–Crippen MR) is 75.8 cm³/mol. The smallest absolute Gasteiger partial charge is 0.222 e. The molecule has 1 aliphatic heterocycles. The zero-order valence-electron chi connectivity index (χ0n) is 12.1. The van der Waals surface area contributed by atoms with Gasteiger partial charge in [-0.1, -0.05) is 12.8 Å². The van der Waals surface area contributed by atoms with Gasteiger partial charge in [0.05, 0.1) is 6.10 Å². The number of ether oxygens (including phenoxy) is 1. The van der Waals surface area contributed by atoms with Crippen LogP contribution >= 0.6 is 0 Å². The van der Waals surface area contributed by atoms with E-state index < -0.39 is 0 Å². The number of carbonyl (C=O) groups is 1. The van der Waals surface area contributed by atoms with Gasteiger partial charge >= 0.3 is 0 Å². The molecule has 1 saturated heterocycles. The number of nitrogens with zero attached hydrogens (tertiary/aromatic N) is 1. The molecule has 0 aromatic carbocycles. The lowest BCUT2D eigenvalue weighted by Gasteiger charge is -2.27. The van der Waals surface area contributed by atoms with Crippen LogP contribution < -0.4 is 5.73 Å². The minimum Gasteiger partial charge on any atom is -0.377 e. The summed E-state index contributed by atoms with van der Waals surface area (Å²) >= 11 is 0. The molecule has 4 nitrogen and oxygen atoms in total. The fourth-order valence-electron chi connectivity index (χ4n) is 3.30. The van der Waals surface area contributed by atoms with Gasteiger partial charge in [0.15, 0.2) is 0 Å². The van der Waals surface area contributed by atoms with Crippen molar-refractivity contribution in [1.29, 1.82) is 0 Å². The summed E-state index contributed by atoms with van der Waals surface area (Å²) in [6, 6.07) is 0.362. The molecular weight excluding hydrogens is 240 g/mol. The Balaban J connectivity index is 1.73. The van der Waals surface area contributed by atoms with Gasteiger partial charge < -0.3 is 15.4 Å². The van der Waals surface area contributed by atoms with Crippen molar-refractivity contribution in [3.63, 3.8) is 0 Å². The summed E-state index contributed by atoms with van der Waals surface area (Å²) in [5.74, 6) is 0.963. The predicted octanol–water partition coefficient (Wildman–Crippen LogP) is 1.92. The first-order valence-electron chi connectivity index (χ1n) is 7.80. The zero-order chi connectivity index (χ0) is 13.7. The maximum atomic E-state index is 12.3. The van der Waals surface area contributed by atoms with Crippen molar-refractivity contribution in [1.82, 2.24) is 4.90 Å². The summed E-state index contributed by atoms with van der Waals surface area (Å²) in [6.45, 7) is 4.44. The molecule has 0 aromatic heterocycles. The number of hydrogen-bond donors (Lipinski definition) is 1. The normalized spacial score (nSPS) is 32.9. The van der Waals surface area contributed by atoms with E-state index in [1.54, 1.807) is 0 Å². The number of nitrogens with two attached hydrogens (primary N) is 1. The van der Waals surface area contributed by atoms with Gasteiger partial charge in [-0.25, -0.2) is 0 Å². The molecule has 2 rings (SSSR count). The van der Waals surface area contributed by atoms with Gasteiger partial charge in [0, 0.05) is 32.2 Å². The highest BCUT2D eigenvalue weighted by atomic mass is 16.5. The van der Waals surface area contributed by atoms with Crippen molar-refractivity contribution in [3.8, 4) is 0 Å². The molecule has 19 heavy (non-hydrogen) atoms. The van der Waals surface area contributed by atoms with Gasteiger partial charge in [-0.15, -0.1) is 0 Å². The van der Waals surface area contributed by atoms with Crippen LogP contribution in [0.25, 0.3) is 0 Å². The average Bonchev–Trinajstić information content (AvgIpc) is 2.61. The SMILES string of the molecule is CC1CN(C(=O)CCC2CCCC(N)C2)CCCO1. The Morgan fingerprint density at radius 1 is 1.37 bits per heavy atom. The molecule has 2 N–H and O–H groups in total. The summed E-state index contributed by atoms with van der Waals surface area (Å²) in [5.41, 5.74) is 6.00. The van der Waals surface area contributed by atoms with Crippen molar-refractivity contribution in [3.05, 3.63) is 0 Å². The summed E-state index contributed by atoms with van der Waals surface area (Å²) in [7, 11) is 0. The van der Waals surface area contributed by atoms with E-state index in [1.807, 2.05) is 11.8 Å². The van der Waals surface area contributed by atoms with Crippen LogP contribution in [0.3, 0.4) is 0 Å². The van der Waals surface area contributed by atoms with Crippen LogP contribution in [0.15, 0.2) is 0 Å². The van der Waals surface area contributed by atoms with E-state index >= 15 is 0 Å². The molecule has 1 heterocycles. The van der Waals surface area contributed by atoms with Crippen LogP contribution in [0.4, 0.5) is 0 Å². The van der Waals surface area contributed by atoms with Gasteiger partial charge in [-0.3, -0.25) is 4.79 Å². The average molecular weight is 268 g/mol. The molecule has 2 aliphatic rings. The monoisotopic (exact) mass is 268 g/mol. The van der Waals surface area contributed by atoms with Crippen LogP contribution in [0.5, 0.6) is 0 Å². The maximum absolute atomic E-state index is 12.3. The molecule has 0 bridgehead atoms. The lowest BCUT2D eigenvalue weighted by Crippen LogP contribution is -2.36. The molecule has 4 heteroatoms. The van der Waals surface area contributed by atoms with Gasteiger partial charge in [0.25, 0.3) is 0 Å². The van der Waals surface area contributed by atoms with Crippen molar-refractivity contribution < 1.29 is 9.53 Å². The van der Waals surface area contributed by atoms with Crippen molar-refractivity contribution in [2.24, 2.45) is 11.7 Å². The highest BCUT2D eigenvalue weighted by Crippen LogP contribution is 2.27. The van der Waals surface area contributed by atoms with E-state index in [0.29, 0.717) is 24.3 Å². The second-order valence-electron chi connectivity index (χ2n) is 6.21. The molecule has 3 atom stereocenters. The molecular formula is C15H28N2O2. The Labute approximate surface area is 116 Å². The molecule has 0 aromatic rings. The number of amides is 1. The summed E-state index contributed by atoms with van der Waals surface area (Å²) in [6.07, 6.45) is 7.58. The highest BCUT2D eigenvalue weighted by molar-refractivity contribution is 5.76. The van der Waals surface area contributed by atoms with Crippen LogP contribution in [-0.4, -0.2) is 42.6 Å². The number of carbonyl (C=O) groups excluding carboxylic acids is 1. The van der Waals surface area contributed by atoms with Crippen molar-refractivity contribution in [2.75, 3.05) is 19.7 Å². The third kappa shape index (κ3) is 4.77. The molecule has 0 radical (unpaired) electrons. The van der Waals surface area contributed by atoms with Gasteiger partial charge in [-0.2, -0.15) is 0 Å². The Morgan fingerprint density at radius 2 is 2.21 bits per heavy atom. The highest BCUT2D eigenvalue weighted by Gasteiger charge is 2.23. The molecule has 1 saturated carbocycles. The molecule has 110 valence electrons. The molecule has 1 amide bonds. The van der Waals surface area contributed by atoms with Crippen LogP contribution in [0.2, 0.25) is 0 Å². The summed E-state index contributed by atoms with van der Waals surface area (Å²) in [5, 5.41) is 0. The minimum atomic E-state index is 0.176. The molecule has 0 spiro atoms. The van der Waals surface area contributed by atoms with E-state index in [2.05, 4.69) is 0 Å². The van der Waals surface area contributed by atoms with Crippen LogP contribution in [0.1, 0.15) is 51.9 Å². The number of rotatable bonds is 3. The Bertz CT molecular complexity index is 296. The maximum Gasteiger partial charge on any atom is 0.222 e. The minimum absolute atomic E-state index is 0.176. The van der Waals surface area contributed by atoms with Crippen molar-refractivity contribution >= 4 is 5.91 Å². The Morgan fingerprint density at radius 3 is 3.00 bits per heavy atom.